The SMILES string of the molecule is CC(C)NCCCCCNC(=O)C(C)(C)C(C)C. The van der Waals surface area contributed by atoms with E-state index in [1.807, 2.05) is 13.8 Å². The molecule has 0 aromatic heterocycles. The lowest BCUT2D eigenvalue weighted by molar-refractivity contribution is -0.131. The molecule has 0 heterocycles. The first-order valence-electron chi connectivity index (χ1n) is 7.30. The van der Waals surface area contributed by atoms with Crippen molar-refractivity contribution < 1.29 is 4.79 Å². The average Bonchev–Trinajstić information content (AvgIpc) is 2.26. The predicted octanol–water partition coefficient (Wildman–Crippen LogP) is 2.95. The summed E-state index contributed by atoms with van der Waals surface area (Å²) in [6.45, 7) is 14.4. The van der Waals surface area contributed by atoms with Gasteiger partial charge >= 0.3 is 0 Å². The zero-order valence-electron chi connectivity index (χ0n) is 13.1. The number of rotatable bonds is 9. The van der Waals surface area contributed by atoms with Crippen LogP contribution in [-0.2, 0) is 4.79 Å². The maximum absolute atomic E-state index is 12.0. The van der Waals surface area contributed by atoms with Gasteiger partial charge in [0.2, 0.25) is 5.91 Å². The number of hydrogen-bond donors (Lipinski definition) is 2. The van der Waals surface area contributed by atoms with Crippen molar-refractivity contribution in [3.63, 3.8) is 0 Å². The molecule has 0 saturated heterocycles. The molecule has 0 aliphatic rings. The van der Waals surface area contributed by atoms with Gasteiger partial charge in [-0.25, -0.2) is 0 Å². The third-order valence-electron chi connectivity index (χ3n) is 3.72. The summed E-state index contributed by atoms with van der Waals surface area (Å²) >= 11 is 0. The van der Waals surface area contributed by atoms with Crippen molar-refractivity contribution in [2.24, 2.45) is 11.3 Å². The zero-order chi connectivity index (χ0) is 14.2. The van der Waals surface area contributed by atoms with Crippen LogP contribution in [0.15, 0.2) is 0 Å². The minimum absolute atomic E-state index is 0.179. The van der Waals surface area contributed by atoms with E-state index < -0.39 is 0 Å². The van der Waals surface area contributed by atoms with Gasteiger partial charge < -0.3 is 10.6 Å². The zero-order valence-corrected chi connectivity index (χ0v) is 13.1. The lowest BCUT2D eigenvalue weighted by Gasteiger charge is -2.27. The Bertz CT molecular complexity index is 235. The van der Waals surface area contributed by atoms with Crippen molar-refractivity contribution >= 4 is 5.91 Å². The largest absolute Gasteiger partial charge is 0.356 e. The Morgan fingerprint density at radius 3 is 2.06 bits per heavy atom. The van der Waals surface area contributed by atoms with Crippen LogP contribution >= 0.6 is 0 Å². The third kappa shape index (κ3) is 7.00. The topological polar surface area (TPSA) is 41.1 Å². The van der Waals surface area contributed by atoms with Crippen LogP contribution in [0.5, 0.6) is 0 Å². The fourth-order valence-corrected chi connectivity index (χ4v) is 1.51. The molecule has 0 unspecified atom stereocenters. The molecule has 3 heteroatoms. The van der Waals surface area contributed by atoms with Crippen molar-refractivity contribution in [2.45, 2.75) is 66.8 Å². The van der Waals surface area contributed by atoms with Crippen molar-refractivity contribution in [2.75, 3.05) is 13.1 Å². The van der Waals surface area contributed by atoms with Gasteiger partial charge in [0.05, 0.1) is 0 Å². The molecule has 0 aliphatic carbocycles. The quantitative estimate of drug-likeness (QED) is 0.623. The van der Waals surface area contributed by atoms with Crippen LogP contribution in [0.4, 0.5) is 0 Å². The molecular formula is C15H32N2O. The maximum Gasteiger partial charge on any atom is 0.225 e. The number of carbonyl (C=O) groups excluding carboxylic acids is 1. The van der Waals surface area contributed by atoms with Gasteiger partial charge in [0.15, 0.2) is 0 Å². The summed E-state index contributed by atoms with van der Waals surface area (Å²) in [5, 5.41) is 6.44. The van der Waals surface area contributed by atoms with Crippen molar-refractivity contribution in [1.29, 1.82) is 0 Å². The predicted molar refractivity (Wildman–Crippen MR) is 78.6 cm³/mol. The first-order valence-corrected chi connectivity index (χ1v) is 7.30. The van der Waals surface area contributed by atoms with Crippen LogP contribution in [0.25, 0.3) is 0 Å². The van der Waals surface area contributed by atoms with Gasteiger partial charge in [-0.05, 0) is 25.3 Å². The van der Waals surface area contributed by atoms with E-state index in [1.54, 1.807) is 0 Å². The van der Waals surface area contributed by atoms with Crippen molar-refractivity contribution in [3.8, 4) is 0 Å². The Balaban J connectivity index is 3.58. The van der Waals surface area contributed by atoms with Gasteiger partial charge in [-0.1, -0.05) is 48.0 Å². The summed E-state index contributed by atoms with van der Waals surface area (Å²) in [5.74, 6) is 0.547. The summed E-state index contributed by atoms with van der Waals surface area (Å²) in [6, 6.07) is 0.566. The van der Waals surface area contributed by atoms with Crippen LogP contribution in [-0.4, -0.2) is 25.0 Å². The Morgan fingerprint density at radius 1 is 1.00 bits per heavy atom. The number of unbranched alkanes of at least 4 members (excludes halogenated alkanes) is 2. The van der Waals surface area contributed by atoms with Crippen LogP contribution < -0.4 is 10.6 Å². The van der Waals surface area contributed by atoms with E-state index >= 15 is 0 Å². The maximum atomic E-state index is 12.0. The molecule has 0 radical (unpaired) electrons. The summed E-state index contributed by atoms with van der Waals surface area (Å²) in [7, 11) is 0. The van der Waals surface area contributed by atoms with Crippen molar-refractivity contribution in [1.82, 2.24) is 10.6 Å². The summed E-state index contributed by atoms with van der Waals surface area (Å²) in [5.41, 5.74) is -0.265. The molecule has 0 saturated carbocycles. The summed E-state index contributed by atoms with van der Waals surface area (Å²) in [4.78, 5) is 12.0. The molecule has 0 rings (SSSR count). The van der Waals surface area contributed by atoms with Crippen molar-refractivity contribution in [3.05, 3.63) is 0 Å². The number of carbonyl (C=O) groups is 1. The molecular weight excluding hydrogens is 224 g/mol. The van der Waals surface area contributed by atoms with Gasteiger partial charge in [0.1, 0.15) is 0 Å². The minimum Gasteiger partial charge on any atom is -0.356 e. The Kier molecular flexibility index (Phi) is 8.25. The summed E-state index contributed by atoms with van der Waals surface area (Å²) < 4.78 is 0. The van der Waals surface area contributed by atoms with Gasteiger partial charge in [-0.3, -0.25) is 4.79 Å². The highest BCUT2D eigenvalue weighted by molar-refractivity contribution is 5.81. The van der Waals surface area contributed by atoms with E-state index in [4.69, 9.17) is 0 Å². The normalized spacial score (nSPS) is 12.2. The second-order valence-electron chi connectivity index (χ2n) is 6.30. The number of amides is 1. The van der Waals surface area contributed by atoms with Crippen LogP contribution in [0.2, 0.25) is 0 Å². The molecule has 1 amide bonds. The second-order valence-corrected chi connectivity index (χ2v) is 6.30. The first kappa shape index (κ1) is 17.4. The highest BCUT2D eigenvalue weighted by atomic mass is 16.2. The van der Waals surface area contributed by atoms with E-state index in [0.717, 1.165) is 19.5 Å². The molecule has 0 aromatic rings. The lowest BCUT2D eigenvalue weighted by Crippen LogP contribution is -2.40. The Morgan fingerprint density at radius 2 is 1.56 bits per heavy atom. The fourth-order valence-electron chi connectivity index (χ4n) is 1.51. The Hall–Kier alpha value is -0.570. The molecule has 18 heavy (non-hydrogen) atoms. The highest BCUT2D eigenvalue weighted by Gasteiger charge is 2.30. The van der Waals surface area contributed by atoms with E-state index in [0.29, 0.717) is 12.0 Å². The van der Waals surface area contributed by atoms with Crippen LogP contribution in [0.1, 0.15) is 60.8 Å². The standard InChI is InChI=1S/C15H32N2O/c1-12(2)15(5,6)14(18)17-11-9-7-8-10-16-13(3)4/h12-13,16H,7-11H2,1-6H3,(H,17,18). The molecule has 0 aliphatic heterocycles. The number of hydrogen-bond acceptors (Lipinski definition) is 2. The third-order valence-corrected chi connectivity index (χ3v) is 3.72. The van der Waals surface area contributed by atoms with E-state index in [2.05, 4.69) is 38.3 Å². The monoisotopic (exact) mass is 256 g/mol. The average molecular weight is 256 g/mol. The van der Waals surface area contributed by atoms with Gasteiger partial charge in [0, 0.05) is 18.0 Å². The molecule has 0 bridgehead atoms. The molecule has 108 valence electrons. The summed E-state index contributed by atoms with van der Waals surface area (Å²) in [6.07, 6.45) is 3.42. The smallest absolute Gasteiger partial charge is 0.225 e. The van der Waals surface area contributed by atoms with Gasteiger partial charge in [-0.15, -0.1) is 0 Å². The molecule has 0 aromatic carbocycles. The van der Waals surface area contributed by atoms with Gasteiger partial charge in [-0.2, -0.15) is 0 Å². The lowest BCUT2D eigenvalue weighted by atomic mass is 9.80. The molecule has 3 nitrogen and oxygen atoms in total. The van der Waals surface area contributed by atoms with Crippen LogP contribution in [0, 0.1) is 11.3 Å². The molecule has 0 fully saturated rings. The second kappa shape index (κ2) is 8.52. The van der Waals surface area contributed by atoms with Crippen LogP contribution in [0.3, 0.4) is 0 Å². The van der Waals surface area contributed by atoms with E-state index in [-0.39, 0.29) is 11.3 Å². The first-order chi connectivity index (χ1) is 8.28. The highest BCUT2D eigenvalue weighted by Crippen LogP contribution is 2.25. The number of nitrogens with one attached hydrogen (secondary N) is 2. The Labute approximate surface area is 113 Å². The molecule has 0 spiro atoms. The molecule has 2 N–H and O–H groups in total. The van der Waals surface area contributed by atoms with E-state index in [9.17, 15) is 4.79 Å². The molecule has 0 atom stereocenters. The minimum atomic E-state index is -0.265. The fraction of sp³-hybridized carbons (Fsp3) is 0.933. The van der Waals surface area contributed by atoms with E-state index in [1.165, 1.54) is 12.8 Å². The van der Waals surface area contributed by atoms with Gasteiger partial charge in [0.25, 0.3) is 0 Å².